The van der Waals surface area contributed by atoms with Gasteiger partial charge in [0, 0.05) is 47.8 Å². The SMILES string of the molecule is CC(CNCc1nn(C)c2ccccc12)S(C)=O. The van der Waals surface area contributed by atoms with Gasteiger partial charge in [-0.3, -0.25) is 8.89 Å². The number of hydrogen-bond donors (Lipinski definition) is 1. The van der Waals surface area contributed by atoms with E-state index in [1.165, 1.54) is 5.39 Å². The molecule has 0 aliphatic rings. The lowest BCUT2D eigenvalue weighted by Gasteiger charge is -2.08. The number of aromatic nitrogens is 2. The number of nitrogens with zero attached hydrogens (tertiary/aromatic N) is 2. The van der Waals surface area contributed by atoms with Gasteiger partial charge in [-0.25, -0.2) is 0 Å². The molecule has 2 rings (SSSR count). The number of rotatable bonds is 5. The second kappa shape index (κ2) is 5.63. The molecule has 0 saturated carbocycles. The smallest absolute Gasteiger partial charge is 0.0841 e. The molecule has 4 nitrogen and oxygen atoms in total. The number of hydrogen-bond acceptors (Lipinski definition) is 3. The Morgan fingerprint density at radius 1 is 1.44 bits per heavy atom. The Hall–Kier alpha value is -1.20. The maximum absolute atomic E-state index is 11.3. The van der Waals surface area contributed by atoms with Gasteiger partial charge in [-0.1, -0.05) is 18.2 Å². The number of aryl methyl sites for hydroxylation is 1. The third kappa shape index (κ3) is 2.79. The van der Waals surface area contributed by atoms with E-state index in [0.29, 0.717) is 6.54 Å². The van der Waals surface area contributed by atoms with Gasteiger partial charge in [-0.15, -0.1) is 0 Å². The highest BCUT2D eigenvalue weighted by Gasteiger charge is 2.09. The fraction of sp³-hybridized carbons (Fsp3) is 0.462. The zero-order chi connectivity index (χ0) is 13.1. The molecule has 2 atom stereocenters. The minimum Gasteiger partial charge on any atom is -0.310 e. The molecule has 0 radical (unpaired) electrons. The van der Waals surface area contributed by atoms with E-state index in [-0.39, 0.29) is 5.25 Å². The molecule has 0 amide bonds. The second-order valence-electron chi connectivity index (χ2n) is 4.53. The van der Waals surface area contributed by atoms with Crippen LogP contribution in [-0.2, 0) is 24.4 Å². The van der Waals surface area contributed by atoms with Gasteiger partial charge >= 0.3 is 0 Å². The molecule has 0 aliphatic heterocycles. The standard InChI is InChI=1S/C13H19N3OS/c1-10(18(3)17)8-14-9-12-11-6-4-5-7-13(11)16(2)15-12/h4-7,10,14H,8-9H2,1-3H3. The van der Waals surface area contributed by atoms with E-state index in [4.69, 9.17) is 0 Å². The van der Waals surface area contributed by atoms with Gasteiger partial charge in [0.1, 0.15) is 0 Å². The van der Waals surface area contributed by atoms with Gasteiger partial charge in [0.15, 0.2) is 0 Å². The van der Waals surface area contributed by atoms with Crippen LogP contribution in [0, 0.1) is 0 Å². The minimum absolute atomic E-state index is 0.167. The van der Waals surface area contributed by atoms with Crippen molar-refractivity contribution in [1.82, 2.24) is 15.1 Å². The van der Waals surface area contributed by atoms with Crippen LogP contribution in [0.2, 0.25) is 0 Å². The molecular weight excluding hydrogens is 246 g/mol. The Morgan fingerprint density at radius 3 is 2.89 bits per heavy atom. The molecular formula is C13H19N3OS. The third-order valence-corrected chi connectivity index (χ3v) is 4.43. The van der Waals surface area contributed by atoms with E-state index >= 15 is 0 Å². The van der Waals surface area contributed by atoms with Crippen molar-refractivity contribution < 1.29 is 4.21 Å². The van der Waals surface area contributed by atoms with Gasteiger partial charge in [0.2, 0.25) is 0 Å². The highest BCUT2D eigenvalue weighted by Crippen LogP contribution is 2.16. The van der Waals surface area contributed by atoms with Crippen LogP contribution >= 0.6 is 0 Å². The predicted molar refractivity (Wildman–Crippen MR) is 75.9 cm³/mol. The molecule has 0 aliphatic carbocycles. The molecule has 0 bridgehead atoms. The summed E-state index contributed by atoms with van der Waals surface area (Å²) in [6, 6.07) is 8.19. The van der Waals surface area contributed by atoms with Crippen LogP contribution in [0.1, 0.15) is 12.6 Å². The zero-order valence-corrected chi connectivity index (χ0v) is 11.8. The Bertz CT molecular complexity index is 564. The van der Waals surface area contributed by atoms with Crippen LogP contribution in [0.4, 0.5) is 0 Å². The monoisotopic (exact) mass is 265 g/mol. The lowest BCUT2D eigenvalue weighted by Crippen LogP contribution is -2.27. The van der Waals surface area contributed by atoms with Gasteiger partial charge in [-0.2, -0.15) is 5.10 Å². The largest absolute Gasteiger partial charge is 0.310 e. The molecule has 2 aromatic rings. The lowest BCUT2D eigenvalue weighted by molar-refractivity contribution is 0.635. The Kier molecular flexibility index (Phi) is 4.14. The van der Waals surface area contributed by atoms with E-state index in [2.05, 4.69) is 22.5 Å². The fourth-order valence-corrected chi connectivity index (χ4v) is 2.28. The Balaban J connectivity index is 2.06. The summed E-state index contributed by atoms with van der Waals surface area (Å²) >= 11 is 0. The van der Waals surface area contributed by atoms with Crippen LogP contribution < -0.4 is 5.32 Å². The van der Waals surface area contributed by atoms with E-state index in [0.717, 1.165) is 17.8 Å². The number of para-hydroxylation sites is 1. The van der Waals surface area contributed by atoms with Crippen molar-refractivity contribution in [2.45, 2.75) is 18.7 Å². The summed E-state index contributed by atoms with van der Waals surface area (Å²) in [6.45, 7) is 3.44. The summed E-state index contributed by atoms with van der Waals surface area (Å²) < 4.78 is 13.2. The van der Waals surface area contributed by atoms with Crippen LogP contribution in [0.25, 0.3) is 10.9 Å². The number of fused-ring (bicyclic) bond motifs is 1. The molecule has 2 unspecified atom stereocenters. The van der Waals surface area contributed by atoms with Crippen LogP contribution in [0.5, 0.6) is 0 Å². The average Bonchev–Trinajstić information content (AvgIpc) is 2.67. The maximum Gasteiger partial charge on any atom is 0.0841 e. The third-order valence-electron chi connectivity index (χ3n) is 3.13. The summed E-state index contributed by atoms with van der Waals surface area (Å²) in [6.07, 6.45) is 1.74. The molecule has 18 heavy (non-hydrogen) atoms. The topological polar surface area (TPSA) is 46.9 Å². The number of benzene rings is 1. The summed E-state index contributed by atoms with van der Waals surface area (Å²) in [5.41, 5.74) is 2.18. The first kappa shape index (κ1) is 13.2. The van der Waals surface area contributed by atoms with Crippen molar-refractivity contribution >= 4 is 21.7 Å². The molecule has 0 spiro atoms. The van der Waals surface area contributed by atoms with E-state index < -0.39 is 10.8 Å². The predicted octanol–water partition coefficient (Wildman–Crippen LogP) is 1.43. The van der Waals surface area contributed by atoms with Gasteiger partial charge in [0.05, 0.1) is 11.2 Å². The van der Waals surface area contributed by atoms with Crippen molar-refractivity contribution in [2.75, 3.05) is 12.8 Å². The average molecular weight is 265 g/mol. The van der Waals surface area contributed by atoms with E-state index in [9.17, 15) is 4.21 Å². The molecule has 5 heteroatoms. The van der Waals surface area contributed by atoms with Crippen LogP contribution in [0.3, 0.4) is 0 Å². The summed E-state index contributed by atoms with van der Waals surface area (Å²) in [7, 11) is 1.18. The molecule has 1 N–H and O–H groups in total. The lowest BCUT2D eigenvalue weighted by atomic mass is 10.2. The van der Waals surface area contributed by atoms with Crippen LogP contribution in [0.15, 0.2) is 24.3 Å². The van der Waals surface area contributed by atoms with Gasteiger partial charge in [0.25, 0.3) is 0 Å². The summed E-state index contributed by atoms with van der Waals surface area (Å²) in [4.78, 5) is 0. The van der Waals surface area contributed by atoms with E-state index in [1.807, 2.05) is 30.8 Å². The van der Waals surface area contributed by atoms with E-state index in [1.54, 1.807) is 6.26 Å². The number of nitrogens with one attached hydrogen (secondary N) is 1. The highest BCUT2D eigenvalue weighted by molar-refractivity contribution is 7.84. The van der Waals surface area contributed by atoms with Gasteiger partial charge < -0.3 is 5.32 Å². The first-order chi connectivity index (χ1) is 8.59. The highest BCUT2D eigenvalue weighted by atomic mass is 32.2. The normalized spacial score (nSPS) is 14.8. The van der Waals surface area contributed by atoms with Crippen molar-refractivity contribution in [3.63, 3.8) is 0 Å². The molecule has 1 aromatic heterocycles. The van der Waals surface area contributed by atoms with Gasteiger partial charge in [-0.05, 0) is 13.0 Å². The molecule has 0 saturated heterocycles. The maximum atomic E-state index is 11.3. The molecule has 98 valence electrons. The fourth-order valence-electron chi connectivity index (χ4n) is 1.93. The Labute approximate surface area is 110 Å². The van der Waals surface area contributed by atoms with Crippen LogP contribution in [-0.4, -0.2) is 32.0 Å². The second-order valence-corrected chi connectivity index (χ2v) is 6.33. The molecule has 0 fully saturated rings. The summed E-state index contributed by atoms with van der Waals surface area (Å²) in [5.74, 6) is 0. The van der Waals surface area contributed by atoms with Crippen molar-refractivity contribution in [3.8, 4) is 0 Å². The zero-order valence-electron chi connectivity index (χ0n) is 11.0. The minimum atomic E-state index is -0.778. The first-order valence-electron chi connectivity index (χ1n) is 6.03. The molecule has 1 heterocycles. The summed E-state index contributed by atoms with van der Waals surface area (Å²) in [5, 5.41) is 9.17. The van der Waals surface area contributed by atoms with Crippen molar-refractivity contribution in [2.24, 2.45) is 7.05 Å². The van der Waals surface area contributed by atoms with Crippen molar-refractivity contribution in [1.29, 1.82) is 0 Å². The van der Waals surface area contributed by atoms with Crippen molar-refractivity contribution in [3.05, 3.63) is 30.0 Å². The quantitative estimate of drug-likeness (QED) is 0.889. The Morgan fingerprint density at radius 2 is 2.17 bits per heavy atom. The first-order valence-corrected chi connectivity index (χ1v) is 7.65. The molecule has 1 aromatic carbocycles.